The van der Waals surface area contributed by atoms with Gasteiger partial charge in [0.15, 0.2) is 0 Å². The van der Waals surface area contributed by atoms with Gasteiger partial charge in [-0.05, 0) is 61.4 Å². The molecule has 3 heterocycles. The van der Waals surface area contributed by atoms with Crippen LogP contribution in [0.2, 0.25) is 0 Å². The second kappa shape index (κ2) is 8.30. The lowest BCUT2D eigenvalue weighted by Crippen LogP contribution is -2.45. The highest BCUT2D eigenvalue weighted by molar-refractivity contribution is 5.88. The van der Waals surface area contributed by atoms with Crippen molar-refractivity contribution in [1.82, 2.24) is 9.88 Å². The molecule has 3 aromatic rings. The molecule has 5 heteroatoms. The number of hydrogen-bond donors (Lipinski definition) is 2. The number of aliphatic hydroxyl groups is 1. The van der Waals surface area contributed by atoms with Gasteiger partial charge in [-0.2, -0.15) is 0 Å². The molecule has 2 saturated heterocycles. The number of aromatic nitrogens is 1. The Morgan fingerprint density at radius 2 is 2.06 bits per heavy atom. The van der Waals surface area contributed by atoms with Gasteiger partial charge in [0.2, 0.25) is 0 Å². The predicted octanol–water partition coefficient (Wildman–Crippen LogP) is 4.86. The Bertz CT molecular complexity index is 1050. The molecule has 0 bridgehead atoms. The second-order valence-corrected chi connectivity index (χ2v) is 9.12. The number of ether oxygens (including phenoxy) is 2. The smallest absolute Gasteiger partial charge is 0.124 e. The summed E-state index contributed by atoms with van der Waals surface area (Å²) in [6.45, 7) is 4.91. The Kier molecular flexibility index (Phi) is 5.51. The highest BCUT2D eigenvalue weighted by Crippen LogP contribution is 2.45. The molecule has 164 valence electrons. The maximum absolute atomic E-state index is 9.47. The average Bonchev–Trinajstić information content (AvgIpc) is 3.47. The largest absolute Gasteiger partial charge is 0.496 e. The van der Waals surface area contributed by atoms with E-state index in [1.54, 1.807) is 7.11 Å². The molecule has 0 aliphatic carbocycles. The summed E-state index contributed by atoms with van der Waals surface area (Å²) in [7, 11) is 1.76. The summed E-state index contributed by atoms with van der Waals surface area (Å²) in [6, 6.07) is 13.0. The van der Waals surface area contributed by atoms with Gasteiger partial charge in [0, 0.05) is 48.4 Å². The van der Waals surface area contributed by atoms with Crippen molar-refractivity contribution >= 4 is 10.9 Å². The normalized spacial score (nSPS) is 24.3. The van der Waals surface area contributed by atoms with E-state index in [0.29, 0.717) is 0 Å². The number of nitrogens with zero attached hydrogens (tertiary/aromatic N) is 1. The SMILES string of the molecule is COc1cc(C)c2[nH]ccc2c1CN1CCC2(CCCO2)C[C@H]1c1ccc(CO)cc1. The van der Waals surface area contributed by atoms with Crippen molar-refractivity contribution in [3.05, 3.63) is 64.8 Å². The Morgan fingerprint density at radius 1 is 1.23 bits per heavy atom. The summed E-state index contributed by atoms with van der Waals surface area (Å²) in [5.74, 6) is 0.955. The number of H-pyrrole nitrogens is 1. The third-order valence-electron chi connectivity index (χ3n) is 7.29. The number of piperidine rings is 1. The highest BCUT2D eigenvalue weighted by atomic mass is 16.5. The Labute approximate surface area is 184 Å². The summed E-state index contributed by atoms with van der Waals surface area (Å²) in [5, 5.41) is 10.7. The number of rotatable bonds is 5. The van der Waals surface area contributed by atoms with Crippen LogP contribution in [0.15, 0.2) is 42.6 Å². The molecule has 1 unspecified atom stereocenters. The zero-order valence-corrected chi connectivity index (χ0v) is 18.5. The van der Waals surface area contributed by atoms with Crippen LogP contribution in [-0.4, -0.2) is 40.9 Å². The Hall–Kier alpha value is -2.34. The summed E-state index contributed by atoms with van der Waals surface area (Å²) in [5.41, 5.74) is 5.89. The first-order valence-electron chi connectivity index (χ1n) is 11.3. The van der Waals surface area contributed by atoms with Crippen molar-refractivity contribution in [3.8, 4) is 5.75 Å². The molecule has 2 aromatic carbocycles. The Morgan fingerprint density at radius 3 is 2.77 bits per heavy atom. The number of aliphatic hydroxyl groups excluding tert-OH is 1. The topological polar surface area (TPSA) is 57.7 Å². The molecule has 31 heavy (non-hydrogen) atoms. The average molecular weight is 421 g/mol. The van der Waals surface area contributed by atoms with Crippen LogP contribution in [0.4, 0.5) is 0 Å². The molecule has 0 saturated carbocycles. The van der Waals surface area contributed by atoms with Gasteiger partial charge in [0.05, 0.1) is 19.3 Å². The minimum atomic E-state index is 0.0115. The van der Waals surface area contributed by atoms with Gasteiger partial charge in [-0.15, -0.1) is 0 Å². The minimum absolute atomic E-state index is 0.0115. The predicted molar refractivity (Wildman–Crippen MR) is 122 cm³/mol. The number of likely N-dealkylation sites (tertiary alicyclic amines) is 1. The molecular weight excluding hydrogens is 388 g/mol. The van der Waals surface area contributed by atoms with E-state index >= 15 is 0 Å². The molecule has 2 fully saturated rings. The fraction of sp³-hybridized carbons (Fsp3) is 0.462. The number of methoxy groups -OCH3 is 1. The summed E-state index contributed by atoms with van der Waals surface area (Å²) >= 11 is 0. The van der Waals surface area contributed by atoms with Crippen molar-refractivity contribution < 1.29 is 14.6 Å². The summed E-state index contributed by atoms with van der Waals surface area (Å²) in [6.07, 6.45) is 6.41. The van der Waals surface area contributed by atoms with E-state index in [-0.39, 0.29) is 18.2 Å². The van der Waals surface area contributed by atoms with Gasteiger partial charge in [-0.25, -0.2) is 0 Å². The van der Waals surface area contributed by atoms with E-state index in [9.17, 15) is 5.11 Å². The van der Waals surface area contributed by atoms with E-state index in [0.717, 1.165) is 56.7 Å². The lowest BCUT2D eigenvalue weighted by molar-refractivity contribution is -0.0676. The van der Waals surface area contributed by atoms with Crippen molar-refractivity contribution in [2.75, 3.05) is 20.3 Å². The molecule has 0 radical (unpaired) electrons. The monoisotopic (exact) mass is 420 g/mol. The van der Waals surface area contributed by atoms with E-state index in [1.807, 2.05) is 18.3 Å². The molecule has 1 spiro atoms. The molecule has 5 rings (SSSR count). The first-order valence-corrected chi connectivity index (χ1v) is 11.3. The second-order valence-electron chi connectivity index (χ2n) is 9.12. The van der Waals surface area contributed by atoms with E-state index < -0.39 is 0 Å². The summed E-state index contributed by atoms with van der Waals surface area (Å²) < 4.78 is 12.1. The molecular formula is C26H32N2O3. The van der Waals surface area contributed by atoms with E-state index in [1.165, 1.54) is 27.6 Å². The summed E-state index contributed by atoms with van der Waals surface area (Å²) in [4.78, 5) is 5.98. The standard InChI is InChI=1S/C26H32N2O3/c1-18-14-24(30-2)22(21-8-11-27-25(18)21)16-28-12-10-26(9-3-13-31-26)15-23(28)20-6-4-19(17-29)5-7-20/h4-8,11,14,23,27,29H,3,9-10,12-13,15-17H2,1-2H3/t23-,26?/m0/s1. The quantitative estimate of drug-likeness (QED) is 0.619. The molecule has 2 aliphatic heterocycles. The number of nitrogens with one attached hydrogen (secondary N) is 1. The number of hydrogen-bond acceptors (Lipinski definition) is 4. The van der Waals surface area contributed by atoms with Gasteiger partial charge in [0.25, 0.3) is 0 Å². The number of aromatic amines is 1. The van der Waals surface area contributed by atoms with Gasteiger partial charge in [-0.3, -0.25) is 4.90 Å². The van der Waals surface area contributed by atoms with E-state index in [2.05, 4.69) is 41.1 Å². The lowest BCUT2D eigenvalue weighted by atomic mass is 9.81. The van der Waals surface area contributed by atoms with Crippen LogP contribution in [0.1, 0.15) is 54.0 Å². The van der Waals surface area contributed by atoms with Gasteiger partial charge in [-0.1, -0.05) is 24.3 Å². The van der Waals surface area contributed by atoms with Gasteiger partial charge in [0.1, 0.15) is 5.75 Å². The maximum atomic E-state index is 9.47. The fourth-order valence-electron chi connectivity index (χ4n) is 5.55. The van der Waals surface area contributed by atoms with Crippen molar-refractivity contribution in [2.45, 2.75) is 57.4 Å². The zero-order chi connectivity index (χ0) is 21.4. The maximum Gasteiger partial charge on any atom is 0.124 e. The van der Waals surface area contributed by atoms with E-state index in [4.69, 9.17) is 9.47 Å². The number of fused-ring (bicyclic) bond motifs is 1. The van der Waals surface area contributed by atoms with Crippen molar-refractivity contribution in [1.29, 1.82) is 0 Å². The zero-order valence-electron chi connectivity index (χ0n) is 18.5. The third-order valence-corrected chi connectivity index (χ3v) is 7.29. The molecule has 1 aromatic heterocycles. The third kappa shape index (κ3) is 3.75. The molecule has 2 aliphatic rings. The van der Waals surface area contributed by atoms with Crippen LogP contribution in [0.5, 0.6) is 5.75 Å². The van der Waals surface area contributed by atoms with Crippen molar-refractivity contribution in [2.24, 2.45) is 0 Å². The molecule has 0 amide bonds. The van der Waals surface area contributed by atoms with Gasteiger partial charge >= 0.3 is 0 Å². The molecule has 2 N–H and O–H groups in total. The fourth-order valence-corrected chi connectivity index (χ4v) is 5.55. The first kappa shape index (κ1) is 20.6. The molecule has 2 atom stereocenters. The lowest BCUT2D eigenvalue weighted by Gasteiger charge is -2.45. The number of benzene rings is 2. The van der Waals surface area contributed by atoms with Crippen LogP contribution in [-0.2, 0) is 17.9 Å². The van der Waals surface area contributed by atoms with Gasteiger partial charge < -0.3 is 19.6 Å². The molecule has 5 nitrogen and oxygen atoms in total. The van der Waals surface area contributed by atoms with Crippen LogP contribution in [0.25, 0.3) is 10.9 Å². The Balaban J connectivity index is 1.51. The van der Waals surface area contributed by atoms with Crippen LogP contribution >= 0.6 is 0 Å². The van der Waals surface area contributed by atoms with Crippen molar-refractivity contribution in [3.63, 3.8) is 0 Å². The van der Waals surface area contributed by atoms with Crippen LogP contribution < -0.4 is 4.74 Å². The minimum Gasteiger partial charge on any atom is -0.496 e. The van der Waals surface area contributed by atoms with Crippen LogP contribution in [0.3, 0.4) is 0 Å². The number of aryl methyl sites for hydroxylation is 1. The first-order chi connectivity index (χ1) is 15.1. The van der Waals surface area contributed by atoms with Crippen LogP contribution in [0, 0.1) is 6.92 Å². The highest BCUT2D eigenvalue weighted by Gasteiger charge is 2.43.